The Hall–Kier alpha value is -3.79. The van der Waals surface area contributed by atoms with Gasteiger partial charge in [0, 0.05) is 34.0 Å². The predicted octanol–water partition coefficient (Wildman–Crippen LogP) is 6.61. The number of halogens is 3. The number of hydrogen-bond donors (Lipinski definition) is 3. The highest BCUT2D eigenvalue weighted by Gasteiger charge is 2.37. The fraction of sp³-hybridized carbons (Fsp3) is 0.500. The number of ether oxygens (including phenoxy) is 3. The summed E-state index contributed by atoms with van der Waals surface area (Å²) in [5.74, 6) is -0.630. The number of nitrogens with zero attached hydrogens (tertiary/aromatic N) is 3. The predicted molar refractivity (Wildman–Crippen MR) is 183 cm³/mol. The van der Waals surface area contributed by atoms with Crippen molar-refractivity contribution in [1.29, 1.82) is 0 Å². The number of aliphatic hydroxyl groups is 1. The fourth-order valence-electron chi connectivity index (χ4n) is 6.25. The van der Waals surface area contributed by atoms with E-state index in [2.05, 4.69) is 20.6 Å². The molecule has 5 rings (SSSR count). The lowest BCUT2D eigenvalue weighted by molar-refractivity contribution is -0.137. The van der Waals surface area contributed by atoms with Crippen molar-refractivity contribution in [3.63, 3.8) is 0 Å². The third-order valence-corrected chi connectivity index (χ3v) is 10.7. The van der Waals surface area contributed by atoms with E-state index in [1.54, 1.807) is 31.3 Å². The maximum absolute atomic E-state index is 14.2. The Morgan fingerprint density at radius 1 is 0.961 bits per heavy atom. The van der Waals surface area contributed by atoms with Gasteiger partial charge >= 0.3 is 13.8 Å². The van der Waals surface area contributed by atoms with Crippen LogP contribution in [0.2, 0.25) is 0 Å². The number of fused-ring (bicyclic) bond motifs is 1. The molecule has 0 bridgehead atoms. The summed E-state index contributed by atoms with van der Waals surface area (Å²) >= 11 is 0. The Labute approximate surface area is 294 Å². The molecule has 1 saturated carbocycles. The molecule has 1 amide bonds. The highest BCUT2D eigenvalue weighted by Crippen LogP contribution is 2.52. The van der Waals surface area contributed by atoms with Crippen LogP contribution in [0.4, 0.5) is 36.3 Å². The summed E-state index contributed by atoms with van der Waals surface area (Å²) in [6.45, 7) is 0.831. The molecule has 2 aliphatic rings. The molecule has 2 aromatic carbocycles. The molecule has 1 aliphatic heterocycles. The van der Waals surface area contributed by atoms with Crippen LogP contribution in [0.5, 0.6) is 5.75 Å². The van der Waals surface area contributed by atoms with Crippen LogP contribution in [0.1, 0.15) is 64.2 Å². The van der Waals surface area contributed by atoms with Crippen molar-refractivity contribution in [2.75, 3.05) is 65.4 Å². The molecule has 0 spiro atoms. The highest BCUT2D eigenvalue weighted by molar-refractivity contribution is 7.53. The molecule has 2 heterocycles. The second-order valence-corrected chi connectivity index (χ2v) is 14.4. The third kappa shape index (κ3) is 9.36. The number of methoxy groups -OCH3 is 3. The summed E-state index contributed by atoms with van der Waals surface area (Å²) in [5.41, 5.74) is 1.97. The molecule has 1 aliphatic carbocycles. The van der Waals surface area contributed by atoms with E-state index in [0.29, 0.717) is 42.4 Å². The number of benzene rings is 2. The Morgan fingerprint density at radius 2 is 1.63 bits per heavy atom. The summed E-state index contributed by atoms with van der Waals surface area (Å²) in [7, 11) is 2.42. The van der Waals surface area contributed by atoms with Crippen LogP contribution in [0.25, 0.3) is 0 Å². The highest BCUT2D eigenvalue weighted by atomic mass is 31.2. The van der Waals surface area contributed by atoms with Gasteiger partial charge in [-0.15, -0.1) is 0 Å². The first-order valence-electron chi connectivity index (χ1n) is 16.5. The Bertz CT molecular complexity index is 1720. The van der Waals surface area contributed by atoms with Crippen molar-refractivity contribution in [1.82, 2.24) is 14.9 Å². The zero-order chi connectivity index (χ0) is 36.8. The van der Waals surface area contributed by atoms with Crippen molar-refractivity contribution >= 4 is 36.6 Å². The maximum Gasteiger partial charge on any atom is 0.421 e. The molecule has 3 aromatic rings. The first kappa shape index (κ1) is 38.4. The van der Waals surface area contributed by atoms with Gasteiger partial charge in [-0.3, -0.25) is 9.36 Å². The van der Waals surface area contributed by atoms with Crippen molar-refractivity contribution in [2.45, 2.75) is 56.6 Å². The summed E-state index contributed by atoms with van der Waals surface area (Å²) < 4.78 is 82.8. The number of nitrogens with one attached hydrogen (secondary N) is 2. The van der Waals surface area contributed by atoms with Crippen LogP contribution in [-0.4, -0.2) is 86.8 Å². The quantitative estimate of drug-likeness (QED) is 0.107. The van der Waals surface area contributed by atoms with E-state index < -0.39 is 25.2 Å². The van der Waals surface area contributed by atoms with E-state index in [-0.39, 0.29) is 67.9 Å². The van der Waals surface area contributed by atoms with Crippen LogP contribution >= 0.6 is 7.60 Å². The lowest BCUT2D eigenvalue weighted by Crippen LogP contribution is -2.18. The molecule has 278 valence electrons. The van der Waals surface area contributed by atoms with Gasteiger partial charge in [0.2, 0.25) is 5.95 Å². The number of anilines is 4. The molecular weight excluding hydrogens is 694 g/mol. The number of alkyl halides is 3. The van der Waals surface area contributed by atoms with E-state index in [4.69, 9.17) is 23.3 Å². The minimum atomic E-state index is -4.81. The molecule has 0 saturated heterocycles. The zero-order valence-corrected chi connectivity index (χ0v) is 29.8. The number of aliphatic hydroxyl groups excluding tert-OH is 1. The Morgan fingerprint density at radius 3 is 2.25 bits per heavy atom. The largest absolute Gasteiger partial charge is 0.495 e. The van der Waals surface area contributed by atoms with Gasteiger partial charge in [-0.25, -0.2) is 4.98 Å². The van der Waals surface area contributed by atoms with E-state index in [1.165, 1.54) is 26.2 Å². The van der Waals surface area contributed by atoms with Gasteiger partial charge in [-0.2, -0.15) is 18.2 Å². The smallest absolute Gasteiger partial charge is 0.421 e. The van der Waals surface area contributed by atoms with Crippen LogP contribution in [0, 0.1) is 0 Å². The van der Waals surface area contributed by atoms with Crippen molar-refractivity contribution in [3.05, 3.63) is 64.3 Å². The molecule has 0 radical (unpaired) electrons. The summed E-state index contributed by atoms with van der Waals surface area (Å²) in [6, 6.07) is 8.28. The number of carbonyl (C=O) groups is 1. The van der Waals surface area contributed by atoms with Crippen LogP contribution in [-0.2, 0) is 42.0 Å². The molecule has 1 aromatic heterocycles. The molecule has 0 unspecified atom stereocenters. The lowest BCUT2D eigenvalue weighted by atomic mass is 9.80. The molecule has 1 fully saturated rings. The number of rotatable bonds is 16. The first-order chi connectivity index (χ1) is 24.4. The number of aromatic nitrogens is 2. The van der Waals surface area contributed by atoms with E-state index in [0.717, 1.165) is 24.0 Å². The van der Waals surface area contributed by atoms with Gasteiger partial charge in [0.1, 0.15) is 17.1 Å². The normalized spacial score (nSPS) is 17.8. The second-order valence-electron chi connectivity index (χ2n) is 12.4. The van der Waals surface area contributed by atoms with Gasteiger partial charge in [-0.1, -0.05) is 12.1 Å². The number of hydrogen-bond acceptors (Lipinski definition) is 12. The minimum Gasteiger partial charge on any atom is -0.495 e. The number of amides is 1. The molecule has 0 atom stereocenters. The lowest BCUT2D eigenvalue weighted by Gasteiger charge is -2.27. The summed E-state index contributed by atoms with van der Waals surface area (Å²) in [5, 5.41) is 15.7. The van der Waals surface area contributed by atoms with Crippen LogP contribution < -0.4 is 15.4 Å². The molecule has 17 heteroatoms. The SMILES string of the molecule is COCCOP(=O)(Cc1ccc(Nc2ncc(C(F)(F)F)c(Nc3ccc([C@H]4CC[C@H](O)CC4)c4c3C(=O)N(C)C4)n2)c(OC)c1)OCCOC. The number of carbonyl (C=O) groups excluding carboxylic acids is 1. The fourth-order valence-corrected chi connectivity index (χ4v) is 7.86. The average Bonchev–Trinajstić information content (AvgIpc) is 3.39. The van der Waals surface area contributed by atoms with E-state index in [1.807, 2.05) is 6.07 Å². The summed E-state index contributed by atoms with van der Waals surface area (Å²) in [4.78, 5) is 23.0. The molecule has 3 N–H and O–H groups in total. The van der Waals surface area contributed by atoms with Gasteiger partial charge in [0.15, 0.2) is 0 Å². The van der Waals surface area contributed by atoms with Crippen molar-refractivity contribution in [2.24, 2.45) is 0 Å². The van der Waals surface area contributed by atoms with Gasteiger partial charge in [0.05, 0.1) is 62.7 Å². The van der Waals surface area contributed by atoms with E-state index >= 15 is 0 Å². The monoisotopic (exact) mass is 737 g/mol. The van der Waals surface area contributed by atoms with Gasteiger partial charge < -0.3 is 43.9 Å². The van der Waals surface area contributed by atoms with Crippen molar-refractivity contribution < 1.29 is 50.9 Å². The summed E-state index contributed by atoms with van der Waals surface area (Å²) in [6.07, 6.45) is -1.78. The van der Waals surface area contributed by atoms with Crippen molar-refractivity contribution in [3.8, 4) is 5.75 Å². The minimum absolute atomic E-state index is 0.0441. The van der Waals surface area contributed by atoms with Gasteiger partial charge in [0.25, 0.3) is 5.91 Å². The van der Waals surface area contributed by atoms with E-state index in [9.17, 15) is 27.6 Å². The zero-order valence-electron chi connectivity index (χ0n) is 28.9. The average molecular weight is 738 g/mol. The molecule has 51 heavy (non-hydrogen) atoms. The standard InChI is InChI=1S/C34H43F3N5O8P/c1-42-19-25-24(22-6-8-23(43)9-7-22)10-12-28(30(25)32(42)44)39-31-26(34(35,36)37)18-38-33(41-31)40-27-11-5-21(17-29(27)48-4)20-51(45,49-15-13-46-2)50-16-14-47-3/h5,10-12,17-18,22-23,43H,6-9,13-16,19-20H2,1-4H3,(H2,38,39,40,41)/t22-,23-. The van der Waals surface area contributed by atoms with Crippen LogP contribution in [0.15, 0.2) is 36.5 Å². The molecule has 13 nitrogen and oxygen atoms in total. The third-order valence-electron chi connectivity index (χ3n) is 8.83. The topological polar surface area (TPSA) is 154 Å². The van der Waals surface area contributed by atoms with Crippen LogP contribution in [0.3, 0.4) is 0 Å². The second kappa shape index (κ2) is 16.7. The maximum atomic E-state index is 14.2. The Kier molecular flexibility index (Phi) is 12.6. The first-order valence-corrected chi connectivity index (χ1v) is 18.2. The Balaban J connectivity index is 1.42. The molecular formula is C34H43F3N5O8P. The van der Waals surface area contributed by atoms with Gasteiger partial charge in [-0.05, 0) is 66.5 Å².